The van der Waals surface area contributed by atoms with Crippen molar-refractivity contribution in [2.75, 3.05) is 18.5 Å². The van der Waals surface area contributed by atoms with E-state index in [1.165, 1.54) is 12.5 Å². The summed E-state index contributed by atoms with van der Waals surface area (Å²) in [5, 5.41) is 8.93. The molecule has 88 valence electrons. The zero-order chi connectivity index (χ0) is 12.3. The van der Waals surface area contributed by atoms with E-state index >= 15 is 0 Å². The number of likely N-dealkylation sites (N-methyl/N-ethyl adjacent to an activating group) is 1. The van der Waals surface area contributed by atoms with Gasteiger partial charge in [-0.2, -0.15) is 0 Å². The fourth-order valence-electron chi connectivity index (χ4n) is 1.45. The lowest BCUT2D eigenvalue weighted by atomic mass is 10.0. The summed E-state index contributed by atoms with van der Waals surface area (Å²) in [7, 11) is 1.83. The molecule has 0 aromatic heterocycles. The second-order valence-electron chi connectivity index (χ2n) is 4.41. The van der Waals surface area contributed by atoms with E-state index in [-0.39, 0.29) is 6.54 Å². The standard InChI is InChI=1S/C12H18N2O2/c1-9-4-6-10(7-5-9)14(3)8-12(2,13)11(15)16/h4-7H,8,13H2,1-3H3,(H,15,16). The largest absolute Gasteiger partial charge is 0.480 e. The van der Waals surface area contributed by atoms with Crippen LogP contribution in [-0.4, -0.2) is 30.2 Å². The van der Waals surface area contributed by atoms with Gasteiger partial charge in [0.05, 0.1) is 0 Å². The van der Waals surface area contributed by atoms with Crippen molar-refractivity contribution in [1.29, 1.82) is 0 Å². The smallest absolute Gasteiger partial charge is 0.325 e. The van der Waals surface area contributed by atoms with Crippen molar-refractivity contribution in [2.45, 2.75) is 19.4 Å². The average molecular weight is 222 g/mol. The first kappa shape index (κ1) is 12.5. The van der Waals surface area contributed by atoms with Crippen LogP contribution in [0.1, 0.15) is 12.5 Å². The maximum absolute atomic E-state index is 10.9. The number of nitrogens with two attached hydrogens (primary N) is 1. The predicted octanol–water partition coefficient (Wildman–Crippen LogP) is 1.23. The Labute approximate surface area is 95.7 Å². The molecule has 4 heteroatoms. The van der Waals surface area contributed by atoms with E-state index in [1.807, 2.05) is 43.1 Å². The second kappa shape index (κ2) is 4.53. The van der Waals surface area contributed by atoms with Gasteiger partial charge in [-0.25, -0.2) is 0 Å². The van der Waals surface area contributed by atoms with Crippen molar-refractivity contribution >= 4 is 11.7 Å². The van der Waals surface area contributed by atoms with Crippen molar-refractivity contribution < 1.29 is 9.90 Å². The molecule has 0 bridgehead atoms. The Hall–Kier alpha value is -1.55. The molecule has 0 aliphatic rings. The first-order valence-electron chi connectivity index (χ1n) is 5.13. The summed E-state index contributed by atoms with van der Waals surface area (Å²) in [5.41, 5.74) is 6.58. The van der Waals surface area contributed by atoms with Crippen LogP contribution in [-0.2, 0) is 4.79 Å². The third-order valence-corrected chi connectivity index (χ3v) is 2.53. The molecule has 0 amide bonds. The van der Waals surface area contributed by atoms with Gasteiger partial charge >= 0.3 is 5.97 Å². The number of benzene rings is 1. The SMILES string of the molecule is Cc1ccc(N(C)CC(C)(N)C(=O)O)cc1. The molecule has 0 radical (unpaired) electrons. The molecule has 16 heavy (non-hydrogen) atoms. The number of anilines is 1. The third-order valence-electron chi connectivity index (χ3n) is 2.53. The highest BCUT2D eigenvalue weighted by Crippen LogP contribution is 2.15. The van der Waals surface area contributed by atoms with E-state index in [1.54, 1.807) is 0 Å². The molecule has 1 atom stereocenters. The lowest BCUT2D eigenvalue weighted by Crippen LogP contribution is -2.53. The molecular weight excluding hydrogens is 204 g/mol. The van der Waals surface area contributed by atoms with E-state index < -0.39 is 11.5 Å². The van der Waals surface area contributed by atoms with Crippen molar-refractivity contribution in [2.24, 2.45) is 5.73 Å². The first-order chi connectivity index (χ1) is 7.33. The number of aryl methyl sites for hydroxylation is 1. The van der Waals surface area contributed by atoms with E-state index in [9.17, 15) is 4.79 Å². The van der Waals surface area contributed by atoms with Gasteiger partial charge in [0, 0.05) is 19.3 Å². The van der Waals surface area contributed by atoms with Crippen molar-refractivity contribution in [1.82, 2.24) is 0 Å². The average Bonchev–Trinajstić information content (AvgIpc) is 2.17. The van der Waals surface area contributed by atoms with Crippen LogP contribution in [0.2, 0.25) is 0 Å². The monoisotopic (exact) mass is 222 g/mol. The molecule has 0 aliphatic heterocycles. The maximum atomic E-state index is 10.9. The van der Waals surface area contributed by atoms with Crippen LogP contribution in [0, 0.1) is 6.92 Å². The molecule has 4 nitrogen and oxygen atoms in total. The first-order valence-corrected chi connectivity index (χ1v) is 5.13. The number of rotatable bonds is 4. The van der Waals surface area contributed by atoms with Crippen molar-refractivity contribution in [3.63, 3.8) is 0 Å². The van der Waals surface area contributed by atoms with Gasteiger partial charge in [-0.1, -0.05) is 17.7 Å². The molecular formula is C12H18N2O2. The number of aliphatic carboxylic acids is 1. The molecule has 1 unspecified atom stereocenters. The Morgan fingerprint density at radius 3 is 2.38 bits per heavy atom. The molecule has 0 saturated carbocycles. The number of carboxylic acids is 1. The number of hydrogen-bond donors (Lipinski definition) is 2. The van der Waals surface area contributed by atoms with Gasteiger partial charge < -0.3 is 15.7 Å². The van der Waals surface area contributed by atoms with E-state index in [4.69, 9.17) is 10.8 Å². The van der Waals surface area contributed by atoms with Gasteiger partial charge in [-0.05, 0) is 26.0 Å². The zero-order valence-corrected chi connectivity index (χ0v) is 9.90. The lowest BCUT2D eigenvalue weighted by molar-refractivity contribution is -0.142. The van der Waals surface area contributed by atoms with Crippen LogP contribution in [0.5, 0.6) is 0 Å². The highest BCUT2D eigenvalue weighted by Gasteiger charge is 2.29. The van der Waals surface area contributed by atoms with E-state index in [0.29, 0.717) is 0 Å². The zero-order valence-electron chi connectivity index (χ0n) is 9.90. The minimum absolute atomic E-state index is 0.269. The summed E-state index contributed by atoms with van der Waals surface area (Å²) in [6.07, 6.45) is 0. The van der Waals surface area contributed by atoms with Crippen LogP contribution in [0.25, 0.3) is 0 Å². The molecule has 0 spiro atoms. The van der Waals surface area contributed by atoms with Crippen LogP contribution in [0.4, 0.5) is 5.69 Å². The van der Waals surface area contributed by atoms with Gasteiger partial charge in [0.25, 0.3) is 0 Å². The summed E-state index contributed by atoms with van der Waals surface area (Å²) >= 11 is 0. The van der Waals surface area contributed by atoms with E-state index in [2.05, 4.69) is 0 Å². The Morgan fingerprint density at radius 2 is 1.94 bits per heavy atom. The third kappa shape index (κ3) is 2.97. The minimum Gasteiger partial charge on any atom is -0.480 e. The predicted molar refractivity (Wildman–Crippen MR) is 64.7 cm³/mol. The number of hydrogen-bond acceptors (Lipinski definition) is 3. The molecule has 1 rings (SSSR count). The van der Waals surface area contributed by atoms with E-state index in [0.717, 1.165) is 5.69 Å². The Kier molecular flexibility index (Phi) is 3.55. The summed E-state index contributed by atoms with van der Waals surface area (Å²) in [5.74, 6) is -0.994. The Bertz CT molecular complexity index is 371. The lowest BCUT2D eigenvalue weighted by Gasteiger charge is -2.28. The summed E-state index contributed by atoms with van der Waals surface area (Å²) in [6, 6.07) is 7.88. The quantitative estimate of drug-likeness (QED) is 0.804. The van der Waals surface area contributed by atoms with Gasteiger partial charge in [0.15, 0.2) is 0 Å². The Morgan fingerprint density at radius 1 is 1.44 bits per heavy atom. The molecule has 0 fully saturated rings. The molecule has 1 aromatic carbocycles. The maximum Gasteiger partial charge on any atom is 0.325 e. The van der Waals surface area contributed by atoms with Crippen LogP contribution in [0.15, 0.2) is 24.3 Å². The van der Waals surface area contributed by atoms with Crippen LogP contribution < -0.4 is 10.6 Å². The van der Waals surface area contributed by atoms with Gasteiger partial charge in [-0.15, -0.1) is 0 Å². The van der Waals surface area contributed by atoms with Crippen molar-refractivity contribution in [3.8, 4) is 0 Å². The van der Waals surface area contributed by atoms with Crippen LogP contribution in [0.3, 0.4) is 0 Å². The molecule has 1 aromatic rings. The molecule has 0 saturated heterocycles. The number of carbonyl (C=O) groups is 1. The highest BCUT2D eigenvalue weighted by atomic mass is 16.4. The number of carboxylic acid groups (broad SMARTS) is 1. The number of nitrogens with zero attached hydrogens (tertiary/aromatic N) is 1. The molecule has 0 aliphatic carbocycles. The fraction of sp³-hybridized carbons (Fsp3) is 0.417. The van der Waals surface area contributed by atoms with Gasteiger partial charge in [0.1, 0.15) is 5.54 Å². The minimum atomic E-state index is -1.24. The highest BCUT2D eigenvalue weighted by molar-refractivity contribution is 5.79. The summed E-state index contributed by atoms with van der Waals surface area (Å²) < 4.78 is 0. The second-order valence-corrected chi connectivity index (χ2v) is 4.41. The fourth-order valence-corrected chi connectivity index (χ4v) is 1.45. The Balaban J connectivity index is 2.76. The summed E-state index contributed by atoms with van der Waals surface area (Å²) in [6.45, 7) is 3.79. The molecule has 3 N–H and O–H groups in total. The molecule has 0 heterocycles. The topological polar surface area (TPSA) is 66.6 Å². The van der Waals surface area contributed by atoms with Gasteiger partial charge in [-0.3, -0.25) is 4.79 Å². The van der Waals surface area contributed by atoms with Gasteiger partial charge in [0.2, 0.25) is 0 Å². The van der Waals surface area contributed by atoms with Crippen LogP contribution >= 0.6 is 0 Å². The van der Waals surface area contributed by atoms with Crippen molar-refractivity contribution in [3.05, 3.63) is 29.8 Å². The normalized spacial score (nSPS) is 14.2. The summed E-state index contributed by atoms with van der Waals surface area (Å²) in [4.78, 5) is 12.7.